The fourth-order valence-electron chi connectivity index (χ4n) is 2.67. The largest absolute Gasteiger partial charge is 0.299 e. The first kappa shape index (κ1) is 8.50. The van der Waals surface area contributed by atoms with Gasteiger partial charge in [0.05, 0.1) is 17.4 Å². The van der Waals surface area contributed by atoms with Crippen LogP contribution in [0.15, 0.2) is 12.2 Å². The highest BCUT2D eigenvalue weighted by Gasteiger charge is 2.60. The molecule has 2 aliphatic rings. The van der Waals surface area contributed by atoms with Gasteiger partial charge in [-0.25, -0.2) is 0 Å². The number of allylic oxidation sites excluding steroid dienone is 2. The van der Waals surface area contributed by atoms with Crippen LogP contribution in [0, 0.1) is 28.1 Å². The summed E-state index contributed by atoms with van der Waals surface area (Å²) in [5.41, 5.74) is -0.508. The van der Waals surface area contributed by atoms with Gasteiger partial charge in [0.2, 0.25) is 0 Å². The predicted molar refractivity (Wildman–Crippen MR) is 48.7 cm³/mol. The first-order chi connectivity index (χ1) is 6.04. The minimum Gasteiger partial charge on any atom is -0.299 e. The van der Waals surface area contributed by atoms with Gasteiger partial charge < -0.3 is 0 Å². The van der Waals surface area contributed by atoms with Crippen molar-refractivity contribution in [2.24, 2.45) is 16.7 Å². The van der Waals surface area contributed by atoms with E-state index < -0.39 is 0 Å². The van der Waals surface area contributed by atoms with Crippen LogP contribution in [0.4, 0.5) is 0 Å². The molecule has 2 nitrogen and oxygen atoms in total. The lowest BCUT2D eigenvalue weighted by molar-refractivity contribution is -0.125. The van der Waals surface area contributed by atoms with Gasteiger partial charge in [-0.3, -0.25) is 4.79 Å². The summed E-state index contributed by atoms with van der Waals surface area (Å²) in [5.74, 6) is 0.135. The van der Waals surface area contributed by atoms with E-state index in [0.717, 1.165) is 6.42 Å². The smallest absolute Gasteiger partial charge is 0.144 e. The zero-order valence-electron chi connectivity index (χ0n) is 8.00. The van der Waals surface area contributed by atoms with Crippen LogP contribution in [-0.2, 0) is 4.79 Å². The summed E-state index contributed by atoms with van der Waals surface area (Å²) in [6.45, 7) is 4.03. The molecule has 0 aromatic rings. The van der Waals surface area contributed by atoms with E-state index >= 15 is 0 Å². The van der Waals surface area contributed by atoms with E-state index in [1.807, 2.05) is 19.1 Å². The molecular weight excluding hydrogens is 162 g/mol. The standard InChI is InChI=1S/C11H13NO/c1-10-4-3-5-11(10,2)9(13)6-8(10)7-12/h3,5,8H,4,6H2,1-2H3/t8-,10-,11+/m1/s1. The van der Waals surface area contributed by atoms with E-state index in [2.05, 4.69) is 13.0 Å². The number of hydrogen-bond donors (Lipinski definition) is 0. The molecule has 1 fully saturated rings. The molecule has 0 bridgehead atoms. The van der Waals surface area contributed by atoms with Gasteiger partial charge in [0.15, 0.2) is 0 Å². The molecule has 2 rings (SSSR count). The van der Waals surface area contributed by atoms with Crippen molar-refractivity contribution < 1.29 is 4.79 Å². The third-order valence-electron chi connectivity index (χ3n) is 4.07. The van der Waals surface area contributed by atoms with Crippen molar-refractivity contribution >= 4 is 5.78 Å². The Balaban J connectivity index is 2.51. The third-order valence-corrected chi connectivity index (χ3v) is 4.07. The normalized spacial score (nSPS) is 47.8. The van der Waals surface area contributed by atoms with Crippen LogP contribution in [0.5, 0.6) is 0 Å². The maximum absolute atomic E-state index is 11.7. The molecule has 2 aliphatic carbocycles. The Hall–Kier alpha value is -1.10. The lowest BCUT2D eigenvalue weighted by atomic mass is 9.66. The Labute approximate surface area is 78.2 Å². The third kappa shape index (κ3) is 0.751. The van der Waals surface area contributed by atoms with E-state index in [1.54, 1.807) is 0 Å². The van der Waals surface area contributed by atoms with Crippen LogP contribution in [0.2, 0.25) is 0 Å². The zero-order chi connectivity index (χ0) is 9.69. The fraction of sp³-hybridized carbons (Fsp3) is 0.636. The van der Waals surface area contributed by atoms with E-state index in [-0.39, 0.29) is 22.5 Å². The van der Waals surface area contributed by atoms with Crippen molar-refractivity contribution in [2.75, 3.05) is 0 Å². The molecule has 13 heavy (non-hydrogen) atoms. The molecule has 3 atom stereocenters. The van der Waals surface area contributed by atoms with E-state index in [9.17, 15) is 4.79 Å². The van der Waals surface area contributed by atoms with Crippen molar-refractivity contribution in [3.05, 3.63) is 12.2 Å². The number of Topliss-reactive ketones (excluding diaryl/α,β-unsaturated/α-hetero) is 1. The molecule has 0 aromatic carbocycles. The summed E-state index contributed by atoms with van der Waals surface area (Å²) in [5, 5.41) is 8.98. The van der Waals surface area contributed by atoms with Crippen LogP contribution in [-0.4, -0.2) is 5.78 Å². The van der Waals surface area contributed by atoms with Crippen LogP contribution >= 0.6 is 0 Å². The second kappa shape index (κ2) is 2.23. The molecule has 68 valence electrons. The highest BCUT2D eigenvalue weighted by molar-refractivity contribution is 5.91. The van der Waals surface area contributed by atoms with Gasteiger partial charge in [0, 0.05) is 11.8 Å². The highest BCUT2D eigenvalue weighted by atomic mass is 16.1. The monoisotopic (exact) mass is 175 g/mol. The molecule has 0 unspecified atom stereocenters. The minimum atomic E-state index is -0.368. The number of carbonyl (C=O) groups is 1. The molecule has 0 aliphatic heterocycles. The average molecular weight is 175 g/mol. The van der Waals surface area contributed by atoms with Gasteiger partial charge in [-0.15, -0.1) is 0 Å². The Morgan fingerprint density at radius 3 is 2.92 bits per heavy atom. The molecule has 0 heterocycles. The van der Waals surface area contributed by atoms with Gasteiger partial charge in [-0.2, -0.15) is 5.26 Å². The molecular formula is C11H13NO. The van der Waals surface area contributed by atoms with Gasteiger partial charge in [0.1, 0.15) is 5.78 Å². The predicted octanol–water partition coefficient (Wildman–Crippen LogP) is 2.07. The van der Waals surface area contributed by atoms with Crippen LogP contribution in [0.25, 0.3) is 0 Å². The van der Waals surface area contributed by atoms with Crippen molar-refractivity contribution in [1.82, 2.24) is 0 Å². The van der Waals surface area contributed by atoms with Crippen molar-refractivity contribution in [1.29, 1.82) is 5.26 Å². The number of hydrogen-bond acceptors (Lipinski definition) is 2. The Kier molecular flexibility index (Phi) is 1.46. The molecule has 0 N–H and O–H groups in total. The molecule has 2 heteroatoms. The van der Waals surface area contributed by atoms with Crippen molar-refractivity contribution in [2.45, 2.75) is 26.7 Å². The number of fused-ring (bicyclic) bond motifs is 1. The van der Waals surface area contributed by atoms with E-state index in [1.165, 1.54) is 0 Å². The summed E-state index contributed by atoms with van der Waals surface area (Å²) in [4.78, 5) is 11.7. The minimum absolute atomic E-state index is 0.0972. The van der Waals surface area contributed by atoms with Crippen molar-refractivity contribution in [3.8, 4) is 6.07 Å². The lowest BCUT2D eigenvalue weighted by Gasteiger charge is -2.34. The average Bonchev–Trinajstić information content (AvgIpc) is 2.47. The van der Waals surface area contributed by atoms with Gasteiger partial charge in [0.25, 0.3) is 0 Å². The maximum atomic E-state index is 11.7. The quantitative estimate of drug-likeness (QED) is 0.529. The first-order valence-corrected chi connectivity index (χ1v) is 4.65. The van der Waals surface area contributed by atoms with E-state index in [4.69, 9.17) is 5.26 Å². The lowest BCUT2D eigenvalue weighted by Crippen LogP contribution is -2.34. The zero-order valence-corrected chi connectivity index (χ0v) is 8.00. The van der Waals surface area contributed by atoms with Gasteiger partial charge in [-0.05, 0) is 13.3 Å². The Morgan fingerprint density at radius 1 is 1.62 bits per heavy atom. The summed E-state index contributed by atoms with van der Waals surface area (Å²) < 4.78 is 0. The van der Waals surface area contributed by atoms with Crippen LogP contribution < -0.4 is 0 Å². The number of nitrogens with zero attached hydrogens (tertiary/aromatic N) is 1. The summed E-state index contributed by atoms with van der Waals surface area (Å²) in [7, 11) is 0. The fourth-order valence-corrected chi connectivity index (χ4v) is 2.67. The van der Waals surface area contributed by atoms with Gasteiger partial charge >= 0.3 is 0 Å². The second-order valence-corrected chi connectivity index (χ2v) is 4.54. The van der Waals surface area contributed by atoms with Crippen LogP contribution in [0.1, 0.15) is 26.7 Å². The van der Waals surface area contributed by atoms with Crippen LogP contribution in [0.3, 0.4) is 0 Å². The topological polar surface area (TPSA) is 40.9 Å². The molecule has 0 amide bonds. The summed E-state index contributed by atoms with van der Waals surface area (Å²) >= 11 is 0. The summed E-state index contributed by atoms with van der Waals surface area (Å²) in [6.07, 6.45) is 5.34. The number of nitriles is 1. The molecule has 0 radical (unpaired) electrons. The SMILES string of the molecule is C[C@@]12C=CC[C@]1(C)[C@@H](C#N)CC2=O. The summed E-state index contributed by atoms with van der Waals surface area (Å²) in [6, 6.07) is 2.27. The van der Waals surface area contributed by atoms with E-state index in [0.29, 0.717) is 6.42 Å². The highest BCUT2D eigenvalue weighted by Crippen LogP contribution is 2.59. The van der Waals surface area contributed by atoms with Gasteiger partial charge in [-0.1, -0.05) is 19.1 Å². The number of ketones is 1. The maximum Gasteiger partial charge on any atom is 0.144 e. The second-order valence-electron chi connectivity index (χ2n) is 4.54. The molecule has 0 spiro atoms. The number of rotatable bonds is 0. The Morgan fingerprint density at radius 2 is 2.31 bits per heavy atom. The van der Waals surface area contributed by atoms with Crippen molar-refractivity contribution in [3.63, 3.8) is 0 Å². The Bertz CT molecular complexity index is 338. The molecule has 1 saturated carbocycles. The number of carbonyl (C=O) groups excluding carboxylic acids is 1. The molecule has 0 saturated heterocycles. The first-order valence-electron chi connectivity index (χ1n) is 4.65. The molecule has 0 aromatic heterocycles.